The number of hydrogen-bond acceptors (Lipinski definition) is 15. The summed E-state index contributed by atoms with van der Waals surface area (Å²) < 4.78 is 3.65. The van der Waals surface area contributed by atoms with Crippen LogP contribution in [0.2, 0.25) is 0 Å². The Morgan fingerprint density at radius 2 is 0.976 bits per heavy atom. The summed E-state index contributed by atoms with van der Waals surface area (Å²) in [4.78, 5) is 91.8. The molecule has 0 radical (unpaired) electrons. The van der Waals surface area contributed by atoms with Crippen LogP contribution < -0.4 is 31.9 Å². The van der Waals surface area contributed by atoms with Crippen molar-refractivity contribution in [2.45, 2.75) is 178 Å². The molecule has 82 heavy (non-hydrogen) atoms. The van der Waals surface area contributed by atoms with Crippen LogP contribution in [-0.4, -0.2) is 197 Å². The van der Waals surface area contributed by atoms with Gasteiger partial charge in [0.25, 0.3) is 0 Å². The fourth-order valence-electron chi connectivity index (χ4n) is 12.5. The van der Waals surface area contributed by atoms with Crippen molar-refractivity contribution in [2.24, 2.45) is 0 Å². The molecule has 0 saturated carbocycles. The number of hydrogen-bond donors (Lipinski definition) is 7. The van der Waals surface area contributed by atoms with E-state index in [9.17, 15) is 33.9 Å². The number of aliphatic hydroxyl groups excluding tert-OH is 1. The second-order valence-corrected chi connectivity index (χ2v) is 23.0. The van der Waals surface area contributed by atoms with E-state index in [-0.39, 0.29) is 60.7 Å². The van der Waals surface area contributed by atoms with Crippen molar-refractivity contribution < 1.29 is 33.9 Å². The molecular formula is C59H86N16O7. The van der Waals surface area contributed by atoms with Crippen LogP contribution in [0.4, 0.5) is 0 Å². The Morgan fingerprint density at radius 3 is 1.39 bits per heavy atom. The van der Waals surface area contributed by atoms with E-state index in [1.54, 1.807) is 16.7 Å². The highest BCUT2D eigenvalue weighted by atomic mass is 16.3. The Labute approximate surface area is 481 Å². The second kappa shape index (κ2) is 29.0. The SMILES string of the molecule is CCCN[C@@H](C)C(=O)N[C@H]1CCCC[C@H]2CC[C@@H](C(=O)N[C@@H](c3ccccc3)c3cn(CCN4CCN(CCn5cc([C@H](NC(=O)[C@@H]6CC[C@@H]7CCCC[C@H](NC(=O)[C@H](C)NCCO)C(=O)N76)c6ccccc6)nn5)CC4)nn3)N2C1=O. The molecule has 5 aliphatic heterocycles. The molecule has 23 heteroatoms. The van der Waals surface area contributed by atoms with Gasteiger partial charge in [-0.2, -0.15) is 0 Å². The highest BCUT2D eigenvalue weighted by Crippen LogP contribution is 2.34. The molecule has 2 aromatic heterocycles. The number of rotatable bonds is 24. The van der Waals surface area contributed by atoms with Gasteiger partial charge in [-0.15, -0.1) is 10.2 Å². The van der Waals surface area contributed by atoms with E-state index in [2.05, 4.69) is 62.3 Å². The molecule has 444 valence electrons. The molecule has 0 unspecified atom stereocenters. The molecule has 23 nitrogen and oxygen atoms in total. The van der Waals surface area contributed by atoms with Gasteiger partial charge in [-0.05, 0) is 89.3 Å². The molecule has 5 saturated heterocycles. The summed E-state index contributed by atoms with van der Waals surface area (Å²) in [6, 6.07) is 14.2. The van der Waals surface area contributed by atoms with E-state index in [0.717, 1.165) is 102 Å². The monoisotopic (exact) mass is 1130 g/mol. The fraction of sp³-hybridized carbons (Fsp3) is 0.627. The molecule has 10 atom stereocenters. The van der Waals surface area contributed by atoms with Gasteiger partial charge in [0.15, 0.2) is 0 Å². The van der Waals surface area contributed by atoms with E-state index in [1.807, 2.05) is 96.3 Å². The van der Waals surface area contributed by atoms with Crippen molar-refractivity contribution in [1.82, 2.24) is 81.5 Å². The molecule has 5 aliphatic rings. The molecule has 0 aliphatic carbocycles. The normalized spacial score (nSPS) is 24.2. The minimum Gasteiger partial charge on any atom is -0.395 e. The molecule has 2 aromatic carbocycles. The lowest BCUT2D eigenvalue weighted by atomic mass is 9.98. The number of nitrogens with zero attached hydrogens (tertiary/aromatic N) is 10. The number of amides is 6. The lowest BCUT2D eigenvalue weighted by Gasteiger charge is -2.36. The molecule has 4 aromatic rings. The molecule has 0 bridgehead atoms. The number of fused-ring (bicyclic) bond motifs is 2. The van der Waals surface area contributed by atoms with Gasteiger partial charge in [0.2, 0.25) is 35.4 Å². The van der Waals surface area contributed by atoms with Gasteiger partial charge in [0.05, 0.1) is 56.3 Å². The van der Waals surface area contributed by atoms with Gasteiger partial charge >= 0.3 is 0 Å². The van der Waals surface area contributed by atoms with Crippen LogP contribution in [0.5, 0.6) is 0 Å². The fourth-order valence-corrected chi connectivity index (χ4v) is 12.5. The Bertz CT molecular complexity index is 2550. The van der Waals surface area contributed by atoms with E-state index < -0.39 is 48.3 Å². The number of carbonyl (C=O) groups is 6. The number of piperazine rings is 1. The lowest BCUT2D eigenvalue weighted by molar-refractivity contribution is -0.144. The van der Waals surface area contributed by atoms with Gasteiger partial charge in [0, 0.05) is 57.9 Å². The molecule has 0 spiro atoms. The first-order chi connectivity index (χ1) is 39.9. The average molecular weight is 1130 g/mol. The number of benzene rings is 2. The largest absolute Gasteiger partial charge is 0.395 e. The Morgan fingerprint density at radius 1 is 0.561 bits per heavy atom. The first kappa shape index (κ1) is 59.9. The summed E-state index contributed by atoms with van der Waals surface area (Å²) in [5.41, 5.74) is 2.90. The van der Waals surface area contributed by atoms with Crippen LogP contribution in [-0.2, 0) is 41.9 Å². The van der Waals surface area contributed by atoms with Crippen LogP contribution >= 0.6 is 0 Å². The van der Waals surface area contributed by atoms with Crippen molar-refractivity contribution >= 4 is 35.4 Å². The molecule has 9 rings (SSSR count). The van der Waals surface area contributed by atoms with Crippen LogP contribution in [0.25, 0.3) is 0 Å². The molecule has 7 heterocycles. The number of aromatic nitrogens is 6. The molecule has 7 N–H and O–H groups in total. The lowest BCUT2D eigenvalue weighted by Crippen LogP contribution is -2.58. The van der Waals surface area contributed by atoms with Crippen molar-refractivity contribution in [3.8, 4) is 0 Å². The smallest absolute Gasteiger partial charge is 0.246 e. The third-order valence-electron chi connectivity index (χ3n) is 17.3. The topological polar surface area (TPSA) is 269 Å². The molecular weight excluding hydrogens is 1040 g/mol. The Hall–Kier alpha value is -6.66. The highest BCUT2D eigenvalue weighted by molar-refractivity contribution is 5.95. The van der Waals surface area contributed by atoms with Crippen LogP contribution in [0.3, 0.4) is 0 Å². The third kappa shape index (κ3) is 15.1. The summed E-state index contributed by atoms with van der Waals surface area (Å²) in [6.07, 6.45) is 13.3. The zero-order chi connectivity index (χ0) is 57.5. The van der Waals surface area contributed by atoms with E-state index >= 15 is 0 Å². The van der Waals surface area contributed by atoms with Gasteiger partial charge in [0.1, 0.15) is 35.6 Å². The summed E-state index contributed by atoms with van der Waals surface area (Å²) >= 11 is 0. The molecule has 6 amide bonds. The zero-order valence-corrected chi connectivity index (χ0v) is 48.0. The van der Waals surface area contributed by atoms with Crippen LogP contribution in [0.15, 0.2) is 73.1 Å². The summed E-state index contributed by atoms with van der Waals surface area (Å²) in [5, 5.41) is 46.0. The van der Waals surface area contributed by atoms with E-state index in [1.165, 1.54) is 0 Å². The van der Waals surface area contributed by atoms with E-state index in [0.29, 0.717) is 63.1 Å². The minimum absolute atomic E-state index is 0.0621. The molecule has 5 fully saturated rings. The summed E-state index contributed by atoms with van der Waals surface area (Å²) in [6.45, 7) is 12.6. The van der Waals surface area contributed by atoms with Crippen LogP contribution in [0, 0.1) is 0 Å². The quantitative estimate of drug-likeness (QED) is 0.0528. The summed E-state index contributed by atoms with van der Waals surface area (Å²) in [7, 11) is 0. The maximum Gasteiger partial charge on any atom is 0.246 e. The number of nitrogens with one attached hydrogen (secondary N) is 6. The highest BCUT2D eigenvalue weighted by Gasteiger charge is 2.46. The first-order valence-corrected chi connectivity index (χ1v) is 30.2. The summed E-state index contributed by atoms with van der Waals surface area (Å²) in [5.74, 6) is -1.47. The van der Waals surface area contributed by atoms with Crippen molar-refractivity contribution in [2.75, 3.05) is 59.0 Å². The number of carbonyl (C=O) groups excluding carboxylic acids is 6. The third-order valence-corrected chi connectivity index (χ3v) is 17.3. The van der Waals surface area contributed by atoms with Gasteiger partial charge in [-0.3, -0.25) is 47.9 Å². The van der Waals surface area contributed by atoms with Crippen molar-refractivity contribution in [1.29, 1.82) is 0 Å². The average Bonchev–Trinajstić information content (AvgIpc) is 4.40. The van der Waals surface area contributed by atoms with Crippen molar-refractivity contribution in [3.63, 3.8) is 0 Å². The standard InChI is InChI=1S/C59H86N16O7/c1-4-27-60-40(2)54(77)62-46-21-13-11-19-44-23-25-50(74(44)58(46)81)56(79)64-52(42-15-7-5-8-16-42)48-38-72(68-66-48)35-33-70-29-31-71(32-30-70)34-36-73-39-49(67-69-73)53(43-17-9-6-10-18-43)65-57(80)51-26-24-45-20-12-14-22-47(59(82)75(45)51)63-55(78)41(3)61-28-37-76/h5-10,15-18,38-41,44-47,50-53,60-61,76H,4,11-14,19-37H2,1-3H3,(H,62,77)(H,63,78)(H,64,79)(H,65,80)/t40-,41-,44-,45-,46-,47-,50-,51-,52-,53+/m0/s1. The van der Waals surface area contributed by atoms with Gasteiger partial charge in [-0.1, -0.05) is 104 Å². The Balaban J connectivity index is 0.767. The van der Waals surface area contributed by atoms with Gasteiger partial charge in [-0.25, -0.2) is 0 Å². The minimum atomic E-state index is -0.746. The second-order valence-electron chi connectivity index (χ2n) is 23.0. The Kier molecular flexibility index (Phi) is 21.2. The van der Waals surface area contributed by atoms with Crippen LogP contribution in [0.1, 0.15) is 139 Å². The van der Waals surface area contributed by atoms with E-state index in [4.69, 9.17) is 0 Å². The first-order valence-electron chi connectivity index (χ1n) is 30.2. The van der Waals surface area contributed by atoms with Gasteiger partial charge < -0.3 is 46.8 Å². The zero-order valence-electron chi connectivity index (χ0n) is 48.0. The predicted molar refractivity (Wildman–Crippen MR) is 306 cm³/mol. The maximum absolute atomic E-state index is 14.4. The maximum atomic E-state index is 14.4. The predicted octanol–water partition coefficient (Wildman–Crippen LogP) is 1.79. The number of aliphatic hydroxyl groups is 1. The van der Waals surface area contributed by atoms with Crippen molar-refractivity contribution in [3.05, 3.63) is 95.6 Å².